The molecule has 1 aliphatic heterocycles. The highest BCUT2D eigenvalue weighted by atomic mass is 16.5. The summed E-state index contributed by atoms with van der Waals surface area (Å²) in [5, 5.41) is 9.31. The Balaban J connectivity index is 2.05. The smallest absolute Gasteiger partial charge is 0.307 e. The van der Waals surface area contributed by atoms with E-state index in [1.54, 1.807) is 7.11 Å². The minimum Gasteiger partial charge on any atom is -0.493 e. The molecule has 1 fully saturated rings. The van der Waals surface area contributed by atoms with Crippen molar-refractivity contribution in [2.45, 2.75) is 39.7 Å². The second-order valence-corrected chi connectivity index (χ2v) is 6.76. The van der Waals surface area contributed by atoms with Gasteiger partial charge in [0, 0.05) is 19.6 Å². The van der Waals surface area contributed by atoms with Crippen LogP contribution in [-0.2, 0) is 11.3 Å². The molecule has 0 aromatic heterocycles. The Bertz CT molecular complexity index is 546. The molecule has 0 amide bonds. The summed E-state index contributed by atoms with van der Waals surface area (Å²) in [6.07, 6.45) is 2.86. The average molecular weight is 335 g/mol. The second-order valence-electron chi connectivity index (χ2n) is 6.76. The molecule has 0 saturated carbocycles. The number of carboxylic acid groups (broad SMARTS) is 1. The van der Waals surface area contributed by atoms with Crippen molar-refractivity contribution in [3.8, 4) is 11.5 Å². The first-order valence-electron chi connectivity index (χ1n) is 8.78. The van der Waals surface area contributed by atoms with E-state index >= 15 is 0 Å². The summed E-state index contributed by atoms with van der Waals surface area (Å²) in [4.78, 5) is 13.5. The highest BCUT2D eigenvalue weighted by Crippen LogP contribution is 2.30. The maximum Gasteiger partial charge on any atom is 0.307 e. The maximum absolute atomic E-state index is 11.3. The Morgan fingerprint density at radius 3 is 2.79 bits per heavy atom. The molecule has 1 heterocycles. The first-order valence-corrected chi connectivity index (χ1v) is 8.78. The van der Waals surface area contributed by atoms with Crippen molar-refractivity contribution in [1.29, 1.82) is 0 Å². The van der Waals surface area contributed by atoms with Crippen LogP contribution >= 0.6 is 0 Å². The van der Waals surface area contributed by atoms with Crippen molar-refractivity contribution >= 4 is 5.97 Å². The molecule has 1 aromatic rings. The van der Waals surface area contributed by atoms with Gasteiger partial charge in [-0.05, 0) is 36.5 Å². The van der Waals surface area contributed by atoms with E-state index in [-0.39, 0.29) is 5.92 Å². The predicted molar refractivity (Wildman–Crippen MR) is 93.6 cm³/mol. The zero-order valence-corrected chi connectivity index (χ0v) is 15.0. The van der Waals surface area contributed by atoms with Gasteiger partial charge in [0.2, 0.25) is 0 Å². The molecule has 0 aliphatic carbocycles. The molecule has 5 heteroatoms. The minimum absolute atomic E-state index is 0.271. The van der Waals surface area contributed by atoms with E-state index in [1.165, 1.54) is 0 Å². The van der Waals surface area contributed by atoms with Crippen LogP contribution in [0.3, 0.4) is 0 Å². The van der Waals surface area contributed by atoms with Crippen molar-refractivity contribution in [2.24, 2.45) is 11.8 Å². The number of piperidine rings is 1. The highest BCUT2D eigenvalue weighted by Gasteiger charge is 2.29. The first kappa shape index (κ1) is 18.6. The SMILES string of the molecule is CCCCOc1cc(CN2CC(C)CC(C(=O)O)C2)ccc1OC. The van der Waals surface area contributed by atoms with Crippen molar-refractivity contribution in [1.82, 2.24) is 4.90 Å². The van der Waals surface area contributed by atoms with Crippen LogP contribution in [0.1, 0.15) is 38.7 Å². The Morgan fingerprint density at radius 1 is 1.33 bits per heavy atom. The lowest BCUT2D eigenvalue weighted by Gasteiger charge is -2.34. The van der Waals surface area contributed by atoms with Crippen molar-refractivity contribution in [2.75, 3.05) is 26.8 Å². The van der Waals surface area contributed by atoms with Gasteiger partial charge in [-0.25, -0.2) is 0 Å². The number of nitrogens with zero attached hydrogens (tertiary/aromatic N) is 1. The lowest BCUT2D eigenvalue weighted by molar-refractivity contribution is -0.144. The van der Waals surface area contributed by atoms with Gasteiger partial charge < -0.3 is 14.6 Å². The largest absolute Gasteiger partial charge is 0.493 e. The molecule has 134 valence electrons. The number of aliphatic carboxylic acids is 1. The zero-order chi connectivity index (χ0) is 17.5. The molecule has 2 unspecified atom stereocenters. The van der Waals surface area contributed by atoms with Crippen molar-refractivity contribution < 1.29 is 19.4 Å². The molecule has 24 heavy (non-hydrogen) atoms. The van der Waals surface area contributed by atoms with Crippen molar-refractivity contribution in [3.63, 3.8) is 0 Å². The number of methoxy groups -OCH3 is 1. The van der Waals surface area contributed by atoms with E-state index < -0.39 is 5.97 Å². The normalized spacial score (nSPS) is 21.5. The van der Waals surface area contributed by atoms with Crippen LogP contribution in [0.15, 0.2) is 18.2 Å². The van der Waals surface area contributed by atoms with Gasteiger partial charge in [0.1, 0.15) is 0 Å². The minimum atomic E-state index is -0.690. The van der Waals surface area contributed by atoms with E-state index in [0.29, 0.717) is 19.1 Å². The van der Waals surface area contributed by atoms with E-state index in [4.69, 9.17) is 9.47 Å². The number of ether oxygens (including phenoxy) is 2. The summed E-state index contributed by atoms with van der Waals surface area (Å²) in [5.74, 6) is 0.948. The lowest BCUT2D eigenvalue weighted by atomic mass is 9.90. The van der Waals surface area contributed by atoms with Gasteiger partial charge >= 0.3 is 5.97 Å². The summed E-state index contributed by atoms with van der Waals surface area (Å²) < 4.78 is 11.2. The number of benzene rings is 1. The third kappa shape index (κ3) is 5.13. The van der Waals surface area contributed by atoms with Crippen LogP contribution < -0.4 is 9.47 Å². The summed E-state index contributed by atoms with van der Waals surface area (Å²) in [5.41, 5.74) is 1.13. The molecule has 0 bridgehead atoms. The molecular weight excluding hydrogens is 306 g/mol. The fourth-order valence-corrected chi connectivity index (χ4v) is 3.29. The van der Waals surface area contributed by atoms with Gasteiger partial charge in [-0.3, -0.25) is 9.69 Å². The van der Waals surface area contributed by atoms with Gasteiger partial charge in [0.15, 0.2) is 11.5 Å². The quantitative estimate of drug-likeness (QED) is 0.738. The Morgan fingerprint density at radius 2 is 2.12 bits per heavy atom. The van der Waals surface area contributed by atoms with E-state index in [2.05, 4.69) is 18.7 Å². The molecule has 1 aromatic carbocycles. The zero-order valence-electron chi connectivity index (χ0n) is 15.0. The van der Waals surface area contributed by atoms with Crippen LogP contribution in [0.25, 0.3) is 0 Å². The first-order chi connectivity index (χ1) is 11.5. The average Bonchev–Trinajstić information content (AvgIpc) is 2.55. The van der Waals surface area contributed by atoms with Crippen LogP contribution in [0.2, 0.25) is 0 Å². The van der Waals surface area contributed by atoms with Gasteiger partial charge in [-0.15, -0.1) is 0 Å². The molecule has 1 aliphatic rings. The topological polar surface area (TPSA) is 59.0 Å². The monoisotopic (exact) mass is 335 g/mol. The van der Waals surface area contributed by atoms with Gasteiger partial charge in [-0.1, -0.05) is 26.3 Å². The number of carboxylic acids is 1. The standard InChI is InChI=1S/C19H29NO4/c1-4-5-8-24-18-10-15(6-7-17(18)23-3)12-20-11-14(2)9-16(13-20)19(21)22/h6-7,10,14,16H,4-5,8-9,11-13H2,1-3H3,(H,21,22). The highest BCUT2D eigenvalue weighted by molar-refractivity contribution is 5.70. The van der Waals surface area contributed by atoms with Crippen LogP contribution in [0.4, 0.5) is 0 Å². The van der Waals surface area contributed by atoms with E-state index in [1.807, 2.05) is 18.2 Å². The lowest BCUT2D eigenvalue weighted by Crippen LogP contribution is -2.41. The summed E-state index contributed by atoms with van der Waals surface area (Å²) in [7, 11) is 1.64. The van der Waals surface area contributed by atoms with Crippen LogP contribution in [0, 0.1) is 11.8 Å². The van der Waals surface area contributed by atoms with E-state index in [0.717, 1.165) is 49.4 Å². The van der Waals surface area contributed by atoms with Crippen LogP contribution in [0.5, 0.6) is 11.5 Å². The van der Waals surface area contributed by atoms with E-state index in [9.17, 15) is 9.90 Å². The summed E-state index contributed by atoms with van der Waals surface area (Å²) in [6, 6.07) is 5.97. The Hall–Kier alpha value is -1.75. The Kier molecular flexibility index (Phi) is 6.91. The van der Waals surface area contributed by atoms with Gasteiger partial charge in [0.05, 0.1) is 19.6 Å². The predicted octanol–water partition coefficient (Wildman–Crippen LogP) is 3.42. The molecule has 2 atom stereocenters. The fourth-order valence-electron chi connectivity index (χ4n) is 3.29. The van der Waals surface area contributed by atoms with Gasteiger partial charge in [0.25, 0.3) is 0 Å². The number of rotatable bonds is 8. The fraction of sp³-hybridized carbons (Fsp3) is 0.632. The van der Waals surface area contributed by atoms with Gasteiger partial charge in [-0.2, -0.15) is 0 Å². The summed E-state index contributed by atoms with van der Waals surface area (Å²) >= 11 is 0. The second kappa shape index (κ2) is 8.92. The number of hydrogen-bond donors (Lipinski definition) is 1. The number of likely N-dealkylation sites (tertiary alicyclic amines) is 1. The molecule has 1 N–H and O–H groups in total. The summed E-state index contributed by atoms with van der Waals surface area (Å²) in [6.45, 7) is 7.21. The molecular formula is C19H29NO4. The number of carbonyl (C=O) groups is 1. The Labute approximate surface area is 144 Å². The molecule has 0 radical (unpaired) electrons. The third-order valence-corrected chi connectivity index (χ3v) is 4.47. The van der Waals surface area contributed by atoms with Crippen molar-refractivity contribution in [3.05, 3.63) is 23.8 Å². The molecule has 2 rings (SSSR count). The van der Waals surface area contributed by atoms with Crippen LogP contribution in [-0.4, -0.2) is 42.8 Å². The number of hydrogen-bond acceptors (Lipinski definition) is 4. The molecule has 0 spiro atoms. The maximum atomic E-state index is 11.3. The molecule has 1 saturated heterocycles. The third-order valence-electron chi connectivity index (χ3n) is 4.47. The number of unbranched alkanes of at least 4 members (excludes halogenated alkanes) is 1. The molecule has 5 nitrogen and oxygen atoms in total.